The maximum absolute atomic E-state index is 4.63. The topological polar surface area (TPSA) is 12.9 Å². The van der Waals surface area contributed by atoms with Crippen LogP contribution in [-0.4, -0.2) is 18.3 Å². The Kier molecular flexibility index (Phi) is 4.44. The molecule has 0 unspecified atom stereocenters. The molecule has 2 aromatic carbocycles. The van der Waals surface area contributed by atoms with Crippen LogP contribution in [0.1, 0.15) is 25.3 Å². The minimum absolute atomic E-state index is 0.517. The van der Waals surface area contributed by atoms with Crippen LogP contribution in [0.15, 0.2) is 54.7 Å². The van der Waals surface area contributed by atoms with Crippen LogP contribution in [0.5, 0.6) is 0 Å². The number of nitrogens with zero attached hydrogens (tertiary/aromatic N) is 1. The number of hydrogen-bond acceptors (Lipinski definition) is 2. The van der Waals surface area contributed by atoms with Crippen molar-refractivity contribution in [2.24, 2.45) is 0 Å². The molecule has 0 bridgehead atoms. The summed E-state index contributed by atoms with van der Waals surface area (Å²) in [4.78, 5) is 4.63. The normalized spacial score (nSPS) is 12.4. The Morgan fingerprint density at radius 2 is 1.54 bits per heavy atom. The van der Waals surface area contributed by atoms with Crippen molar-refractivity contribution < 1.29 is 0 Å². The number of aromatic nitrogens is 1. The number of hydrogen-bond donors (Lipinski definition) is 0. The van der Waals surface area contributed by atoms with E-state index in [9.17, 15) is 0 Å². The molecule has 2 heterocycles. The van der Waals surface area contributed by atoms with Crippen LogP contribution >= 0.6 is 11.3 Å². The minimum atomic E-state index is -1.83. The van der Waals surface area contributed by atoms with Crippen LogP contribution in [0, 0.1) is 0 Å². The van der Waals surface area contributed by atoms with Gasteiger partial charge in [0.1, 0.15) is 0 Å². The van der Waals surface area contributed by atoms with Gasteiger partial charge in [0.05, 0.1) is 0 Å². The summed E-state index contributed by atoms with van der Waals surface area (Å²) in [5.41, 5.74) is 3.62. The fourth-order valence-electron chi connectivity index (χ4n) is 3.37. The van der Waals surface area contributed by atoms with Gasteiger partial charge in [-0.15, -0.1) is 0 Å². The molecule has 0 saturated heterocycles. The summed E-state index contributed by atoms with van der Waals surface area (Å²) < 4.78 is 4.32. The first-order chi connectivity index (χ1) is 12.3. The third-order valence-corrected chi connectivity index (χ3v) is 10.5. The molecule has 0 saturated carbocycles. The average Bonchev–Trinajstić information content (AvgIpc) is 2.98. The SMILES string of the molecule is CC(C)c1ccnc(-c2ccc3sc4cc[c]([Ge]([CH3])([CH3])[CH3])cc4c3c2)c1. The molecule has 0 aliphatic rings. The summed E-state index contributed by atoms with van der Waals surface area (Å²) in [6.07, 6.45) is 1.94. The van der Waals surface area contributed by atoms with E-state index in [1.165, 1.54) is 31.3 Å². The molecule has 3 heteroatoms. The van der Waals surface area contributed by atoms with Gasteiger partial charge in [-0.1, -0.05) is 0 Å². The number of fused-ring (bicyclic) bond motifs is 3. The van der Waals surface area contributed by atoms with Crippen molar-refractivity contribution in [3.05, 3.63) is 60.3 Å². The third-order valence-electron chi connectivity index (χ3n) is 5.08. The number of thiophene rings is 1. The molecule has 26 heavy (non-hydrogen) atoms. The molecule has 1 nitrogen and oxygen atoms in total. The van der Waals surface area contributed by atoms with E-state index in [4.69, 9.17) is 0 Å². The second-order valence-corrected chi connectivity index (χ2v) is 20.1. The Morgan fingerprint density at radius 3 is 2.23 bits per heavy atom. The van der Waals surface area contributed by atoms with E-state index < -0.39 is 13.3 Å². The first-order valence-electron chi connectivity index (χ1n) is 9.26. The number of benzene rings is 2. The quantitative estimate of drug-likeness (QED) is 0.333. The predicted octanol–water partition coefficient (Wildman–Crippen LogP) is 6.79. The van der Waals surface area contributed by atoms with Crippen molar-refractivity contribution in [1.29, 1.82) is 0 Å². The van der Waals surface area contributed by atoms with Crippen LogP contribution < -0.4 is 4.40 Å². The van der Waals surface area contributed by atoms with Crippen molar-refractivity contribution in [2.75, 3.05) is 0 Å². The standard InChI is InChI=1S/C23H25GeNS/c1-15(2)16-10-11-25-21(13-16)17-6-8-22-19(12-17)20-14-18(24(3,4)5)7-9-23(20)26-22/h6-15H,1-5H3. The molecule has 0 N–H and O–H groups in total. The fourth-order valence-corrected chi connectivity index (χ4v) is 6.87. The predicted molar refractivity (Wildman–Crippen MR) is 120 cm³/mol. The summed E-state index contributed by atoms with van der Waals surface area (Å²) in [7, 11) is 0. The Bertz CT molecular complexity index is 1100. The zero-order chi connectivity index (χ0) is 18.5. The van der Waals surface area contributed by atoms with Gasteiger partial charge in [-0.3, -0.25) is 0 Å². The molecular weight excluding hydrogens is 395 g/mol. The molecule has 0 fully saturated rings. The Morgan fingerprint density at radius 1 is 0.846 bits per heavy atom. The molecule has 2 aromatic heterocycles. The van der Waals surface area contributed by atoms with E-state index >= 15 is 0 Å². The monoisotopic (exact) mass is 421 g/mol. The van der Waals surface area contributed by atoms with E-state index in [0.29, 0.717) is 5.92 Å². The molecular formula is C23H25GeNS. The summed E-state index contributed by atoms with van der Waals surface area (Å²) in [5, 5.41) is 2.78. The summed E-state index contributed by atoms with van der Waals surface area (Å²) in [5.74, 6) is 7.90. The van der Waals surface area contributed by atoms with Gasteiger partial charge in [-0.25, -0.2) is 0 Å². The van der Waals surface area contributed by atoms with Crippen molar-refractivity contribution in [3.63, 3.8) is 0 Å². The van der Waals surface area contributed by atoms with Gasteiger partial charge >= 0.3 is 163 Å². The molecule has 0 aliphatic carbocycles. The first-order valence-corrected chi connectivity index (χ1v) is 17.4. The first kappa shape index (κ1) is 17.8. The van der Waals surface area contributed by atoms with E-state index in [0.717, 1.165) is 5.69 Å². The van der Waals surface area contributed by atoms with Crippen LogP contribution in [0.4, 0.5) is 0 Å². The van der Waals surface area contributed by atoms with Gasteiger partial charge in [-0.05, 0) is 0 Å². The van der Waals surface area contributed by atoms with E-state index in [1.807, 2.05) is 17.5 Å². The average molecular weight is 420 g/mol. The van der Waals surface area contributed by atoms with Crippen LogP contribution in [0.2, 0.25) is 17.3 Å². The van der Waals surface area contributed by atoms with Gasteiger partial charge in [0.25, 0.3) is 0 Å². The molecule has 132 valence electrons. The molecule has 4 rings (SSSR count). The Labute approximate surface area is 162 Å². The third kappa shape index (κ3) is 3.21. The van der Waals surface area contributed by atoms with Crippen LogP contribution in [0.3, 0.4) is 0 Å². The summed E-state index contributed by atoms with van der Waals surface area (Å²) in [6, 6.07) is 18.3. The fraction of sp³-hybridized carbons (Fsp3) is 0.261. The summed E-state index contributed by atoms with van der Waals surface area (Å²) >= 11 is 0.0600. The molecule has 0 amide bonds. The van der Waals surface area contributed by atoms with E-state index in [-0.39, 0.29) is 0 Å². The molecule has 0 radical (unpaired) electrons. The zero-order valence-electron chi connectivity index (χ0n) is 16.1. The Balaban J connectivity index is 1.91. The van der Waals surface area contributed by atoms with Gasteiger partial charge in [0.2, 0.25) is 0 Å². The van der Waals surface area contributed by atoms with Gasteiger partial charge in [0.15, 0.2) is 0 Å². The zero-order valence-corrected chi connectivity index (χ0v) is 19.0. The molecule has 4 aromatic rings. The van der Waals surface area contributed by atoms with Gasteiger partial charge < -0.3 is 0 Å². The van der Waals surface area contributed by atoms with Gasteiger partial charge in [0, 0.05) is 0 Å². The van der Waals surface area contributed by atoms with Crippen molar-refractivity contribution in [1.82, 2.24) is 4.98 Å². The Hall–Kier alpha value is -1.65. The van der Waals surface area contributed by atoms with E-state index in [1.54, 1.807) is 4.40 Å². The number of rotatable bonds is 3. The van der Waals surface area contributed by atoms with E-state index in [2.05, 4.69) is 84.6 Å². The van der Waals surface area contributed by atoms with Crippen molar-refractivity contribution in [2.45, 2.75) is 37.0 Å². The molecule has 0 aliphatic heterocycles. The van der Waals surface area contributed by atoms with Crippen LogP contribution in [0.25, 0.3) is 31.4 Å². The maximum atomic E-state index is 4.63. The van der Waals surface area contributed by atoms with Crippen LogP contribution in [-0.2, 0) is 0 Å². The number of pyridine rings is 1. The van der Waals surface area contributed by atoms with Gasteiger partial charge in [-0.2, -0.15) is 0 Å². The van der Waals surface area contributed by atoms with Crippen molar-refractivity contribution in [3.8, 4) is 11.3 Å². The molecule has 0 atom stereocenters. The second-order valence-electron chi connectivity index (χ2n) is 8.40. The summed E-state index contributed by atoms with van der Waals surface area (Å²) in [6.45, 7) is 4.46. The second kappa shape index (κ2) is 6.50. The van der Waals surface area contributed by atoms with Crippen molar-refractivity contribution >= 4 is 49.2 Å². The molecule has 0 spiro atoms.